The summed E-state index contributed by atoms with van der Waals surface area (Å²) >= 11 is 0. The average molecular weight is 174 g/mol. The second-order valence-electron chi connectivity index (χ2n) is 2.86. The number of rotatable bonds is 3. The van der Waals surface area contributed by atoms with Crippen molar-refractivity contribution in [2.45, 2.75) is 13.2 Å². The summed E-state index contributed by atoms with van der Waals surface area (Å²) in [6, 6.07) is 3.85. The predicted octanol–water partition coefficient (Wildman–Crippen LogP) is 0.984. The van der Waals surface area contributed by atoms with Crippen molar-refractivity contribution in [2.75, 3.05) is 0 Å². The fourth-order valence-corrected chi connectivity index (χ4v) is 1.41. The van der Waals surface area contributed by atoms with Gasteiger partial charge in [0.2, 0.25) is 0 Å². The molecule has 2 aromatic heterocycles. The van der Waals surface area contributed by atoms with Gasteiger partial charge in [-0.2, -0.15) is 10.2 Å². The van der Waals surface area contributed by atoms with Gasteiger partial charge < -0.3 is 0 Å². The van der Waals surface area contributed by atoms with Crippen LogP contribution in [-0.4, -0.2) is 26.4 Å². The molecule has 0 unspecified atom stereocenters. The maximum Gasteiger partial charge on any atom is 0.418 e. The molecule has 0 fully saturated rings. The summed E-state index contributed by atoms with van der Waals surface area (Å²) in [6.07, 6.45) is 8.45. The smallest absolute Gasteiger partial charge is 0.290 e. The Morgan fingerprint density at radius 3 is 1.92 bits per heavy atom. The van der Waals surface area contributed by atoms with Gasteiger partial charge in [0.15, 0.2) is 0 Å². The van der Waals surface area contributed by atoms with Gasteiger partial charge >= 0.3 is 6.98 Å². The van der Waals surface area contributed by atoms with Crippen LogP contribution in [0.15, 0.2) is 36.9 Å². The van der Waals surface area contributed by atoms with E-state index >= 15 is 0 Å². The van der Waals surface area contributed by atoms with Crippen LogP contribution < -0.4 is 0 Å². The number of hydrogen-bond acceptors (Lipinski definition) is 2. The molecule has 2 rings (SSSR count). The van der Waals surface area contributed by atoms with Gasteiger partial charge in [0.1, 0.15) is 0 Å². The molecule has 2 heterocycles. The molecule has 0 amide bonds. The Balaban J connectivity index is 2.29. The van der Waals surface area contributed by atoms with E-state index in [1.54, 1.807) is 12.4 Å². The molecule has 13 heavy (non-hydrogen) atoms. The molecule has 0 bridgehead atoms. The summed E-state index contributed by atoms with van der Waals surface area (Å²) < 4.78 is 3.82. The first-order chi connectivity index (χ1) is 6.42. The van der Waals surface area contributed by atoms with Crippen LogP contribution in [0.3, 0.4) is 0 Å². The SMILES string of the molecule is CCB(n1cccn1)n1cccn1. The molecule has 66 valence electrons. The Kier molecular flexibility index (Phi) is 2.16. The normalized spacial score (nSPS) is 10.2. The summed E-state index contributed by atoms with van der Waals surface area (Å²) in [7, 11) is 0. The molecule has 0 atom stereocenters. The first-order valence-corrected chi connectivity index (χ1v) is 4.40. The van der Waals surface area contributed by atoms with E-state index in [9.17, 15) is 0 Å². The number of hydrogen-bond donors (Lipinski definition) is 0. The lowest BCUT2D eigenvalue weighted by molar-refractivity contribution is 0.841. The van der Waals surface area contributed by atoms with Crippen molar-refractivity contribution in [3.8, 4) is 0 Å². The van der Waals surface area contributed by atoms with Crippen LogP contribution >= 0.6 is 0 Å². The van der Waals surface area contributed by atoms with E-state index in [0.717, 1.165) is 6.32 Å². The van der Waals surface area contributed by atoms with Crippen LogP contribution in [-0.2, 0) is 0 Å². The maximum absolute atomic E-state index is 4.20. The minimum absolute atomic E-state index is 0.199. The van der Waals surface area contributed by atoms with Gasteiger partial charge in [-0.3, -0.25) is 9.19 Å². The van der Waals surface area contributed by atoms with Gasteiger partial charge in [-0.1, -0.05) is 6.92 Å². The van der Waals surface area contributed by atoms with Gasteiger partial charge in [0.05, 0.1) is 0 Å². The monoisotopic (exact) mass is 174 g/mol. The molecule has 0 aromatic carbocycles. The molecule has 0 aliphatic rings. The molecule has 0 spiro atoms. The molecule has 0 saturated heterocycles. The van der Waals surface area contributed by atoms with Gasteiger partial charge in [-0.25, -0.2) is 0 Å². The number of aromatic nitrogens is 4. The van der Waals surface area contributed by atoms with Crippen LogP contribution in [0.5, 0.6) is 0 Å². The maximum atomic E-state index is 4.20. The van der Waals surface area contributed by atoms with Crippen molar-refractivity contribution < 1.29 is 0 Å². The van der Waals surface area contributed by atoms with Crippen molar-refractivity contribution in [3.63, 3.8) is 0 Å². The van der Waals surface area contributed by atoms with Crippen LogP contribution in [0, 0.1) is 0 Å². The average Bonchev–Trinajstić information content (AvgIpc) is 2.76. The number of nitrogens with zero attached hydrogens (tertiary/aromatic N) is 4. The lowest BCUT2D eigenvalue weighted by Crippen LogP contribution is -2.33. The van der Waals surface area contributed by atoms with Crippen LogP contribution in [0.4, 0.5) is 0 Å². The highest BCUT2D eigenvalue weighted by Crippen LogP contribution is 1.98. The summed E-state index contributed by atoms with van der Waals surface area (Å²) in [6.45, 7) is 2.32. The fraction of sp³-hybridized carbons (Fsp3) is 0.250. The molecule has 0 N–H and O–H groups in total. The molecular formula is C8H11BN4. The van der Waals surface area contributed by atoms with E-state index in [4.69, 9.17) is 0 Å². The van der Waals surface area contributed by atoms with E-state index in [2.05, 4.69) is 17.1 Å². The van der Waals surface area contributed by atoms with Crippen molar-refractivity contribution in [2.24, 2.45) is 0 Å². The molecule has 0 radical (unpaired) electrons. The van der Waals surface area contributed by atoms with Gasteiger partial charge in [-0.15, -0.1) is 0 Å². The van der Waals surface area contributed by atoms with Crippen LogP contribution in [0.25, 0.3) is 0 Å². The fourth-order valence-electron chi connectivity index (χ4n) is 1.41. The van der Waals surface area contributed by atoms with E-state index in [0.29, 0.717) is 0 Å². The van der Waals surface area contributed by atoms with Gasteiger partial charge in [0.25, 0.3) is 0 Å². The predicted molar refractivity (Wildman–Crippen MR) is 51.5 cm³/mol. The van der Waals surface area contributed by atoms with E-state index in [-0.39, 0.29) is 6.98 Å². The summed E-state index contributed by atoms with van der Waals surface area (Å²) in [4.78, 5) is 0. The Morgan fingerprint density at radius 2 is 1.62 bits per heavy atom. The first kappa shape index (κ1) is 8.10. The van der Waals surface area contributed by atoms with E-state index in [1.165, 1.54) is 0 Å². The van der Waals surface area contributed by atoms with E-state index < -0.39 is 0 Å². The Labute approximate surface area is 77.3 Å². The van der Waals surface area contributed by atoms with Crippen LogP contribution in [0.2, 0.25) is 6.32 Å². The van der Waals surface area contributed by atoms with Crippen molar-refractivity contribution in [1.82, 2.24) is 19.4 Å². The minimum Gasteiger partial charge on any atom is -0.290 e. The van der Waals surface area contributed by atoms with Crippen molar-refractivity contribution >= 4 is 6.98 Å². The third-order valence-electron chi connectivity index (χ3n) is 2.03. The lowest BCUT2D eigenvalue weighted by atomic mass is 9.74. The third-order valence-corrected chi connectivity index (χ3v) is 2.03. The second-order valence-corrected chi connectivity index (χ2v) is 2.86. The second kappa shape index (κ2) is 3.47. The molecule has 0 saturated carbocycles. The highest BCUT2D eigenvalue weighted by atomic mass is 15.3. The third kappa shape index (κ3) is 1.49. The van der Waals surface area contributed by atoms with Crippen molar-refractivity contribution in [3.05, 3.63) is 36.9 Å². The van der Waals surface area contributed by atoms with Crippen molar-refractivity contribution in [1.29, 1.82) is 0 Å². The lowest BCUT2D eigenvalue weighted by Gasteiger charge is -2.10. The Bertz CT molecular complexity index is 306. The Morgan fingerprint density at radius 1 is 1.08 bits per heavy atom. The van der Waals surface area contributed by atoms with Crippen LogP contribution in [0.1, 0.15) is 6.92 Å². The molecule has 0 aliphatic heterocycles. The molecule has 0 aliphatic carbocycles. The standard InChI is InChI=1S/C8H11BN4/c1-2-9(12-7-3-5-10-12)13-8-4-6-11-13/h3-8H,2H2,1H3. The molecule has 2 aromatic rings. The quantitative estimate of drug-likeness (QED) is 0.650. The van der Waals surface area contributed by atoms with Gasteiger partial charge in [0, 0.05) is 24.8 Å². The summed E-state index contributed by atoms with van der Waals surface area (Å²) in [5, 5.41) is 8.40. The zero-order valence-corrected chi connectivity index (χ0v) is 7.54. The van der Waals surface area contributed by atoms with E-state index in [1.807, 2.05) is 33.7 Å². The largest absolute Gasteiger partial charge is 0.418 e. The Hall–Kier alpha value is -1.52. The summed E-state index contributed by atoms with van der Waals surface area (Å²) in [5.41, 5.74) is 0. The summed E-state index contributed by atoms with van der Waals surface area (Å²) in [5.74, 6) is 0. The molecule has 5 heteroatoms. The molecule has 4 nitrogen and oxygen atoms in total. The minimum atomic E-state index is 0.199. The zero-order chi connectivity index (χ0) is 9.10. The highest BCUT2D eigenvalue weighted by molar-refractivity contribution is 6.54. The zero-order valence-electron chi connectivity index (χ0n) is 7.54. The topological polar surface area (TPSA) is 35.6 Å². The van der Waals surface area contributed by atoms with Gasteiger partial charge in [-0.05, 0) is 18.5 Å². The first-order valence-electron chi connectivity index (χ1n) is 4.40. The highest BCUT2D eigenvalue weighted by Gasteiger charge is 2.17. The molecular weight excluding hydrogens is 163 g/mol.